The Morgan fingerprint density at radius 3 is 1.75 bits per heavy atom. The molecule has 0 unspecified atom stereocenters. The van der Waals surface area contributed by atoms with Crippen molar-refractivity contribution in [3.05, 3.63) is 10.1 Å². The first-order valence-electron chi connectivity index (χ1n) is 0.365. The van der Waals surface area contributed by atoms with Gasteiger partial charge >= 0.3 is 0 Å². The highest BCUT2D eigenvalue weighted by Crippen LogP contribution is 1.34. The molecular weight excluding hydrogens is 73.0 g/mol. The number of hydrogen-bond acceptors (Lipinski definition) is 3. The zero-order chi connectivity index (χ0) is 2.71. The second kappa shape index (κ2) is 12.6. The highest BCUT2D eigenvalue weighted by atomic mass is 27.0. The van der Waals surface area contributed by atoms with E-state index in [0.29, 0.717) is 0 Å². The molecule has 0 atom stereocenters. The fourth-order valence-electron chi connectivity index (χ4n) is 0. The predicted molar refractivity (Wildman–Crippen MR) is 14.9 cm³/mol. The molecule has 0 amide bonds. The van der Waals surface area contributed by atoms with Crippen LogP contribution in [0.25, 0.3) is 0 Å². The van der Waals surface area contributed by atoms with Crippen LogP contribution >= 0.6 is 0 Å². The average Bonchev–Trinajstić information content (AvgIpc) is 0.918. The van der Waals surface area contributed by atoms with E-state index in [1.165, 1.54) is 0 Å². The van der Waals surface area contributed by atoms with Crippen LogP contribution in [0.1, 0.15) is 0 Å². The first kappa shape index (κ1) is 9.06. The van der Waals surface area contributed by atoms with Crippen LogP contribution in [0.2, 0.25) is 0 Å². The molecule has 4 heteroatoms. The van der Waals surface area contributed by atoms with Crippen LogP contribution in [0.5, 0.6) is 0 Å². The Morgan fingerprint density at radius 1 is 1.75 bits per heavy atom. The van der Waals surface area contributed by atoms with Gasteiger partial charge in [-0.1, -0.05) is 0 Å². The first-order chi connectivity index (χ1) is 1.41. The lowest BCUT2D eigenvalue weighted by molar-refractivity contribution is 1.59. The Kier molecular flexibility index (Phi) is 28.5. The van der Waals surface area contributed by atoms with Crippen LogP contribution in [0.3, 0.4) is 0 Å². The normalized spacial score (nSPS) is 3.00. The molecule has 0 aliphatic rings. The van der Waals surface area contributed by atoms with E-state index in [0.717, 1.165) is 5.34 Å². The van der Waals surface area contributed by atoms with Gasteiger partial charge in [0.05, 0.1) is 0 Å². The molecule has 0 aromatic heterocycles. The van der Waals surface area contributed by atoms with Crippen molar-refractivity contribution < 1.29 is 0 Å². The monoisotopic (exact) mass is 73.0 g/mol. The SMILES string of the molecule is O=N[O-].[Al]. The summed E-state index contributed by atoms with van der Waals surface area (Å²) >= 11 is 0. The number of rotatable bonds is 0. The Hall–Kier alpha value is -0.0675. The van der Waals surface area contributed by atoms with Gasteiger partial charge in [-0.2, -0.15) is 0 Å². The van der Waals surface area contributed by atoms with E-state index < -0.39 is 0 Å². The summed E-state index contributed by atoms with van der Waals surface area (Å²) in [4.78, 5) is 8.00. The van der Waals surface area contributed by atoms with Gasteiger partial charge in [0, 0.05) is 17.4 Å². The Labute approximate surface area is 33.7 Å². The molecule has 3 radical (unpaired) electrons. The van der Waals surface area contributed by atoms with Crippen LogP contribution in [0.4, 0.5) is 0 Å². The van der Waals surface area contributed by atoms with Crippen LogP contribution < -0.4 is 0 Å². The topological polar surface area (TPSA) is 52.5 Å². The highest BCUT2D eigenvalue weighted by molar-refractivity contribution is 5.75. The molecule has 0 saturated carbocycles. The largest absolute Gasteiger partial charge is 0.444 e. The lowest BCUT2D eigenvalue weighted by atomic mass is 13.4. The van der Waals surface area contributed by atoms with E-state index in [1.54, 1.807) is 0 Å². The summed E-state index contributed by atoms with van der Waals surface area (Å²) < 4.78 is 0. The molecule has 0 rings (SSSR count). The molecule has 0 aliphatic heterocycles. The minimum absolute atomic E-state index is 0. The zero-order valence-electron chi connectivity index (χ0n) is 1.84. The Morgan fingerprint density at radius 2 is 1.75 bits per heavy atom. The van der Waals surface area contributed by atoms with Gasteiger partial charge in [0.25, 0.3) is 0 Å². The third kappa shape index (κ3) is 368. The molecule has 3 nitrogen and oxygen atoms in total. The molecule has 0 aromatic carbocycles. The zero-order valence-corrected chi connectivity index (χ0v) is 3.00. The standard InChI is InChI=1S/Al.HNO2/c;2-1-3/h;(H,2,3)/p-1. The minimum atomic E-state index is 0. The molecule has 0 saturated heterocycles. The summed E-state index contributed by atoms with van der Waals surface area (Å²) in [5.41, 5.74) is 0. The third-order valence-corrected chi connectivity index (χ3v) is 0. The van der Waals surface area contributed by atoms with Gasteiger partial charge in [0.1, 0.15) is 0 Å². The van der Waals surface area contributed by atoms with Crippen molar-refractivity contribution in [2.24, 2.45) is 5.34 Å². The maximum atomic E-state index is 8.00. The summed E-state index contributed by atoms with van der Waals surface area (Å²) in [6, 6.07) is 0. The van der Waals surface area contributed by atoms with E-state index >= 15 is 0 Å². The van der Waals surface area contributed by atoms with Gasteiger partial charge < -0.3 is 10.1 Å². The molecule has 21 valence electrons. The van der Waals surface area contributed by atoms with Gasteiger partial charge in [-0.3, -0.25) is 0 Å². The van der Waals surface area contributed by atoms with Crippen LogP contribution in [-0.4, -0.2) is 17.4 Å². The van der Waals surface area contributed by atoms with Crippen molar-refractivity contribution in [3.8, 4) is 0 Å². The van der Waals surface area contributed by atoms with Gasteiger partial charge in [0.2, 0.25) is 0 Å². The van der Waals surface area contributed by atoms with Gasteiger partial charge in [-0.25, -0.2) is 0 Å². The first-order valence-corrected chi connectivity index (χ1v) is 0.365. The maximum Gasteiger partial charge on any atom is 0 e. The fraction of sp³-hybridized carbons (Fsp3) is 0. The van der Waals surface area contributed by atoms with Crippen molar-refractivity contribution in [2.75, 3.05) is 0 Å². The van der Waals surface area contributed by atoms with Crippen molar-refractivity contribution in [2.45, 2.75) is 0 Å². The summed E-state index contributed by atoms with van der Waals surface area (Å²) in [7, 11) is 0. The van der Waals surface area contributed by atoms with Gasteiger partial charge in [0.15, 0.2) is 0 Å². The summed E-state index contributed by atoms with van der Waals surface area (Å²) in [5, 5.41) is 9.00. The van der Waals surface area contributed by atoms with E-state index in [4.69, 9.17) is 10.1 Å². The van der Waals surface area contributed by atoms with E-state index in [-0.39, 0.29) is 17.4 Å². The third-order valence-electron chi connectivity index (χ3n) is 0. The second-order valence-corrected chi connectivity index (χ2v) is 0.0745. The van der Waals surface area contributed by atoms with Crippen LogP contribution in [0.15, 0.2) is 5.34 Å². The summed E-state index contributed by atoms with van der Waals surface area (Å²) in [6.07, 6.45) is 0. The smallest absolute Gasteiger partial charge is 0 e. The lowest BCUT2D eigenvalue weighted by Gasteiger charge is -1.51. The number of hydrogen-bond donors (Lipinski definition) is 0. The Bertz CT molecular complexity index is 13.5. The minimum Gasteiger partial charge on any atom is -0.444 e. The van der Waals surface area contributed by atoms with Crippen LogP contribution in [0, 0.1) is 10.1 Å². The quantitative estimate of drug-likeness (QED) is 0.228. The van der Waals surface area contributed by atoms with Crippen molar-refractivity contribution in [1.29, 1.82) is 0 Å². The van der Waals surface area contributed by atoms with Gasteiger partial charge in [-0.05, 0) is 0 Å². The molecule has 0 aliphatic carbocycles. The predicted octanol–water partition coefficient (Wildman–Crippen LogP) is -0.130. The average molecular weight is 73.0 g/mol. The van der Waals surface area contributed by atoms with E-state index in [1.807, 2.05) is 0 Å². The van der Waals surface area contributed by atoms with Gasteiger partial charge in [-0.15, -0.1) is 5.34 Å². The van der Waals surface area contributed by atoms with E-state index in [9.17, 15) is 0 Å². The summed E-state index contributed by atoms with van der Waals surface area (Å²) in [5.74, 6) is 0. The second-order valence-electron chi connectivity index (χ2n) is 0.0745. The van der Waals surface area contributed by atoms with Crippen molar-refractivity contribution in [1.82, 2.24) is 0 Å². The summed E-state index contributed by atoms with van der Waals surface area (Å²) in [6.45, 7) is 0. The molecule has 0 fully saturated rings. The molecule has 0 spiro atoms. The van der Waals surface area contributed by atoms with E-state index in [2.05, 4.69) is 0 Å². The maximum absolute atomic E-state index is 8.00. The highest BCUT2D eigenvalue weighted by Gasteiger charge is 0.958. The molecular formula is AlNO2-. The molecule has 0 aromatic rings. The number of nitrogens with zero attached hydrogens (tertiary/aromatic N) is 1. The van der Waals surface area contributed by atoms with Crippen molar-refractivity contribution >= 4 is 17.4 Å². The van der Waals surface area contributed by atoms with Crippen LogP contribution in [-0.2, 0) is 0 Å². The van der Waals surface area contributed by atoms with Crippen molar-refractivity contribution in [3.63, 3.8) is 0 Å². The molecule has 0 N–H and O–H groups in total. The molecule has 0 bridgehead atoms. The molecule has 4 heavy (non-hydrogen) atoms. The molecule has 0 heterocycles. The lowest BCUT2D eigenvalue weighted by Crippen LogP contribution is -1.12. The Balaban J connectivity index is 0. The fourth-order valence-corrected chi connectivity index (χ4v) is 0.